The first-order chi connectivity index (χ1) is 19.9. The molecule has 4 heteroatoms. The van der Waals surface area contributed by atoms with Gasteiger partial charge in [-0.15, -0.1) is 0 Å². The fourth-order valence-corrected chi connectivity index (χ4v) is 9.87. The maximum atomic E-state index is 6.65. The second-order valence-electron chi connectivity index (χ2n) is 14.8. The number of rotatable bonds is 3. The highest BCUT2D eigenvalue weighted by atomic mass is 16.3. The van der Waals surface area contributed by atoms with E-state index < -0.39 is 0 Å². The molecule has 2 aromatic heterocycles. The second kappa shape index (κ2) is 8.63. The van der Waals surface area contributed by atoms with E-state index in [0.717, 1.165) is 68.6 Å². The third-order valence-corrected chi connectivity index (χ3v) is 11.6. The van der Waals surface area contributed by atoms with Crippen LogP contribution < -0.4 is 0 Å². The van der Waals surface area contributed by atoms with E-state index in [9.17, 15) is 0 Å². The van der Waals surface area contributed by atoms with Crippen molar-refractivity contribution in [1.29, 1.82) is 0 Å². The molecule has 4 unspecified atom stereocenters. The van der Waals surface area contributed by atoms with Crippen molar-refractivity contribution in [3.05, 3.63) is 66.2 Å². The van der Waals surface area contributed by atoms with Crippen molar-refractivity contribution in [3.8, 4) is 11.4 Å². The van der Waals surface area contributed by atoms with Crippen LogP contribution in [0.15, 0.2) is 59.0 Å². The highest BCUT2D eigenvalue weighted by Crippen LogP contribution is 2.53. The van der Waals surface area contributed by atoms with Crippen LogP contribution in [-0.4, -0.2) is 15.0 Å². The molecule has 9 rings (SSSR count). The van der Waals surface area contributed by atoms with Crippen LogP contribution in [0.3, 0.4) is 0 Å². The summed E-state index contributed by atoms with van der Waals surface area (Å²) in [7, 11) is 0. The number of para-hydroxylation sites is 1. The summed E-state index contributed by atoms with van der Waals surface area (Å²) in [5.41, 5.74) is 2.84. The Kier molecular flexibility index (Phi) is 5.12. The zero-order valence-corrected chi connectivity index (χ0v) is 24.3. The summed E-state index contributed by atoms with van der Waals surface area (Å²) in [5, 5.41) is 4.72. The van der Waals surface area contributed by atoms with Gasteiger partial charge in [0.05, 0.1) is 5.56 Å². The van der Waals surface area contributed by atoms with Crippen LogP contribution in [0.2, 0.25) is 0 Å². The molecule has 3 aromatic carbocycles. The average molecular weight is 542 g/mol. The van der Waals surface area contributed by atoms with Crippen molar-refractivity contribution in [2.24, 2.45) is 23.7 Å². The standard InChI is InChI=1S/C37H39N3O/c1-36(18-22-10-11-23(14-22)19-36)34-38-33(39-35(40-34)37(2)20-24-12-13-25(15-24)21-37)29-9-5-8-28-30-16-26-6-3-4-7-27(26)17-31(30)41-32(28)29/h3-9,16-17,22-25H,10-15,18-21H2,1-2H3/t22-,23?,24-,25?,36?,37?/m0/s1. The quantitative estimate of drug-likeness (QED) is 0.228. The average Bonchev–Trinajstić information content (AvgIpc) is 3.64. The Morgan fingerprint density at radius 1 is 0.634 bits per heavy atom. The lowest BCUT2D eigenvalue weighted by atomic mass is 9.68. The molecular weight excluding hydrogens is 502 g/mol. The topological polar surface area (TPSA) is 51.8 Å². The molecule has 0 spiro atoms. The van der Waals surface area contributed by atoms with E-state index in [4.69, 9.17) is 19.4 Å². The molecule has 6 atom stereocenters. The first kappa shape index (κ1) is 24.3. The molecule has 0 radical (unpaired) electrons. The second-order valence-corrected chi connectivity index (χ2v) is 14.8. The molecule has 208 valence electrons. The molecule has 0 saturated heterocycles. The summed E-state index contributed by atoms with van der Waals surface area (Å²) < 4.78 is 6.65. The monoisotopic (exact) mass is 541 g/mol. The summed E-state index contributed by atoms with van der Waals surface area (Å²) in [6.07, 6.45) is 13.1. The number of furan rings is 1. The maximum Gasteiger partial charge on any atom is 0.167 e. The Balaban J connectivity index is 1.25. The normalized spacial score (nSPS) is 32.8. The molecular formula is C37H39N3O. The Hall–Kier alpha value is -3.27. The lowest BCUT2D eigenvalue weighted by Gasteiger charge is -2.39. The molecule has 4 aliphatic rings. The third kappa shape index (κ3) is 3.82. The van der Waals surface area contributed by atoms with Crippen LogP contribution in [0.5, 0.6) is 0 Å². The fourth-order valence-electron chi connectivity index (χ4n) is 9.87. The molecule has 41 heavy (non-hydrogen) atoms. The summed E-state index contributed by atoms with van der Waals surface area (Å²) in [5.74, 6) is 6.14. The van der Waals surface area contributed by atoms with E-state index in [-0.39, 0.29) is 10.8 Å². The Morgan fingerprint density at radius 2 is 1.20 bits per heavy atom. The van der Waals surface area contributed by atoms with E-state index in [1.54, 1.807) is 0 Å². The van der Waals surface area contributed by atoms with E-state index >= 15 is 0 Å². The number of fused-ring (bicyclic) bond motifs is 8. The Morgan fingerprint density at radius 3 is 1.78 bits per heavy atom. The van der Waals surface area contributed by atoms with Gasteiger partial charge < -0.3 is 4.42 Å². The molecule has 4 saturated carbocycles. The van der Waals surface area contributed by atoms with Crippen LogP contribution in [0.4, 0.5) is 0 Å². The highest BCUT2D eigenvalue weighted by Gasteiger charge is 2.47. The van der Waals surface area contributed by atoms with Gasteiger partial charge >= 0.3 is 0 Å². The van der Waals surface area contributed by atoms with Gasteiger partial charge in [-0.05, 0) is 91.2 Å². The minimum atomic E-state index is 0.0139. The van der Waals surface area contributed by atoms with E-state index in [1.807, 2.05) is 0 Å². The molecule has 0 amide bonds. The van der Waals surface area contributed by atoms with Crippen molar-refractivity contribution in [2.45, 2.75) is 88.9 Å². The molecule has 4 aliphatic carbocycles. The minimum Gasteiger partial charge on any atom is -0.455 e. The van der Waals surface area contributed by atoms with E-state index in [1.165, 1.54) is 75.0 Å². The van der Waals surface area contributed by atoms with Crippen molar-refractivity contribution in [3.63, 3.8) is 0 Å². The predicted molar refractivity (Wildman–Crippen MR) is 165 cm³/mol. The van der Waals surface area contributed by atoms with Gasteiger partial charge in [-0.1, -0.05) is 75.9 Å². The fraction of sp³-hybridized carbons (Fsp3) is 0.486. The largest absolute Gasteiger partial charge is 0.455 e. The SMILES string of the molecule is CC1(c2nc(-c3cccc4c3oc3cc5ccccc5cc34)nc(C3(C)CC4CC[C@@H](C4)C3)n2)CC2CC[C@@H](C2)C1. The number of aromatic nitrogens is 3. The van der Waals surface area contributed by atoms with Crippen molar-refractivity contribution >= 4 is 32.7 Å². The lowest BCUT2D eigenvalue weighted by molar-refractivity contribution is 0.207. The zero-order valence-electron chi connectivity index (χ0n) is 24.3. The molecule has 0 N–H and O–H groups in total. The van der Waals surface area contributed by atoms with Crippen molar-refractivity contribution in [1.82, 2.24) is 15.0 Å². The zero-order chi connectivity index (χ0) is 27.3. The van der Waals surface area contributed by atoms with Gasteiger partial charge in [-0.2, -0.15) is 0 Å². The Bertz CT molecular complexity index is 1760. The van der Waals surface area contributed by atoms with Gasteiger partial charge in [0.2, 0.25) is 0 Å². The summed E-state index contributed by atoms with van der Waals surface area (Å²) in [4.78, 5) is 16.2. The minimum absolute atomic E-state index is 0.0139. The molecule has 4 bridgehead atoms. The third-order valence-electron chi connectivity index (χ3n) is 11.6. The first-order valence-corrected chi connectivity index (χ1v) is 16.0. The van der Waals surface area contributed by atoms with E-state index in [0.29, 0.717) is 0 Å². The van der Waals surface area contributed by atoms with Crippen LogP contribution >= 0.6 is 0 Å². The first-order valence-electron chi connectivity index (χ1n) is 16.0. The molecule has 5 aromatic rings. The van der Waals surface area contributed by atoms with Gasteiger partial charge in [0.25, 0.3) is 0 Å². The highest BCUT2D eigenvalue weighted by molar-refractivity contribution is 6.12. The molecule has 4 nitrogen and oxygen atoms in total. The van der Waals surface area contributed by atoms with Gasteiger partial charge in [-0.25, -0.2) is 15.0 Å². The predicted octanol–water partition coefficient (Wildman–Crippen LogP) is 9.53. The van der Waals surface area contributed by atoms with E-state index in [2.05, 4.69) is 68.4 Å². The summed E-state index contributed by atoms with van der Waals surface area (Å²) >= 11 is 0. The van der Waals surface area contributed by atoms with Gasteiger partial charge in [-0.3, -0.25) is 0 Å². The number of hydrogen-bond donors (Lipinski definition) is 0. The number of hydrogen-bond acceptors (Lipinski definition) is 4. The van der Waals surface area contributed by atoms with Crippen LogP contribution in [0, 0.1) is 23.7 Å². The van der Waals surface area contributed by atoms with Crippen LogP contribution in [-0.2, 0) is 10.8 Å². The number of benzene rings is 3. The van der Waals surface area contributed by atoms with Crippen LogP contribution in [0.1, 0.15) is 89.7 Å². The summed E-state index contributed by atoms with van der Waals surface area (Å²) in [6.45, 7) is 4.89. The van der Waals surface area contributed by atoms with Crippen molar-refractivity contribution < 1.29 is 4.42 Å². The van der Waals surface area contributed by atoms with Crippen molar-refractivity contribution in [2.75, 3.05) is 0 Å². The smallest absolute Gasteiger partial charge is 0.167 e. The van der Waals surface area contributed by atoms with Crippen LogP contribution in [0.25, 0.3) is 44.1 Å². The van der Waals surface area contributed by atoms with Gasteiger partial charge in [0, 0.05) is 21.6 Å². The van der Waals surface area contributed by atoms with Gasteiger partial charge in [0.15, 0.2) is 5.82 Å². The molecule has 4 fully saturated rings. The number of nitrogens with zero attached hydrogens (tertiary/aromatic N) is 3. The Labute approximate surface area is 242 Å². The molecule has 0 aliphatic heterocycles. The summed E-state index contributed by atoms with van der Waals surface area (Å²) in [6, 6.07) is 19.5. The maximum absolute atomic E-state index is 6.65. The lowest BCUT2D eigenvalue weighted by Crippen LogP contribution is -2.37. The van der Waals surface area contributed by atoms with Gasteiger partial charge in [0.1, 0.15) is 22.8 Å². The molecule has 2 heterocycles.